The molecule has 0 amide bonds. The van der Waals surface area contributed by atoms with Gasteiger partial charge in [-0.2, -0.15) is 0 Å². The molecule has 1 aromatic carbocycles. The van der Waals surface area contributed by atoms with Crippen molar-refractivity contribution in [2.45, 2.75) is 32.2 Å². The standard InChI is InChI=1S/C18H19N3S/c1-13-7-4-5-11-21(13)18-14-8-2-3-9-15(14)19-17(20-18)16-10-6-12-22-16/h2-3,6,8-10,12-13H,4-5,7,11H2,1H3. The molecular formula is C18H19N3S. The molecule has 4 rings (SSSR count). The summed E-state index contributed by atoms with van der Waals surface area (Å²) in [6, 6.07) is 13.1. The first-order valence-electron chi connectivity index (χ1n) is 7.90. The van der Waals surface area contributed by atoms with Crippen LogP contribution in [0.15, 0.2) is 41.8 Å². The summed E-state index contributed by atoms with van der Waals surface area (Å²) < 4.78 is 0. The third-order valence-corrected chi connectivity index (χ3v) is 5.27. The topological polar surface area (TPSA) is 29.0 Å². The van der Waals surface area contributed by atoms with Crippen molar-refractivity contribution in [1.29, 1.82) is 0 Å². The summed E-state index contributed by atoms with van der Waals surface area (Å²) in [6.45, 7) is 3.40. The van der Waals surface area contributed by atoms with E-state index >= 15 is 0 Å². The van der Waals surface area contributed by atoms with Crippen molar-refractivity contribution in [2.24, 2.45) is 0 Å². The molecule has 1 saturated heterocycles. The quantitative estimate of drug-likeness (QED) is 0.685. The van der Waals surface area contributed by atoms with Crippen molar-refractivity contribution < 1.29 is 0 Å². The van der Waals surface area contributed by atoms with Gasteiger partial charge in [-0.1, -0.05) is 18.2 Å². The molecule has 1 aliphatic heterocycles. The fourth-order valence-corrected chi connectivity index (χ4v) is 3.87. The molecule has 1 aliphatic rings. The Labute approximate surface area is 134 Å². The molecule has 2 aromatic heterocycles. The predicted octanol–water partition coefficient (Wildman–Crippen LogP) is 4.74. The van der Waals surface area contributed by atoms with Crippen LogP contribution in [0.1, 0.15) is 26.2 Å². The highest BCUT2D eigenvalue weighted by atomic mass is 32.1. The molecule has 3 nitrogen and oxygen atoms in total. The second-order valence-corrected chi connectivity index (χ2v) is 6.85. The fourth-order valence-electron chi connectivity index (χ4n) is 3.21. The van der Waals surface area contributed by atoms with E-state index in [1.807, 2.05) is 0 Å². The highest BCUT2D eigenvalue weighted by Crippen LogP contribution is 2.32. The van der Waals surface area contributed by atoms with Gasteiger partial charge in [-0.15, -0.1) is 11.3 Å². The Balaban J connectivity index is 1.91. The van der Waals surface area contributed by atoms with E-state index in [4.69, 9.17) is 9.97 Å². The van der Waals surface area contributed by atoms with Crippen LogP contribution < -0.4 is 4.90 Å². The van der Waals surface area contributed by atoms with Crippen molar-refractivity contribution in [2.75, 3.05) is 11.4 Å². The molecule has 3 aromatic rings. The maximum atomic E-state index is 4.94. The Morgan fingerprint density at radius 1 is 1.09 bits per heavy atom. The maximum Gasteiger partial charge on any atom is 0.172 e. The third kappa shape index (κ3) is 2.37. The van der Waals surface area contributed by atoms with Crippen molar-refractivity contribution in [3.8, 4) is 10.7 Å². The molecule has 0 N–H and O–H groups in total. The number of aromatic nitrogens is 2. The molecule has 22 heavy (non-hydrogen) atoms. The Bertz CT molecular complexity index is 782. The summed E-state index contributed by atoms with van der Waals surface area (Å²) in [7, 11) is 0. The minimum atomic E-state index is 0.545. The Morgan fingerprint density at radius 3 is 2.82 bits per heavy atom. The van der Waals surface area contributed by atoms with Gasteiger partial charge in [0, 0.05) is 18.0 Å². The summed E-state index contributed by atoms with van der Waals surface area (Å²) >= 11 is 1.70. The van der Waals surface area contributed by atoms with Crippen LogP contribution in [-0.2, 0) is 0 Å². The van der Waals surface area contributed by atoms with Crippen LogP contribution in [-0.4, -0.2) is 22.6 Å². The van der Waals surface area contributed by atoms with Gasteiger partial charge >= 0.3 is 0 Å². The second-order valence-electron chi connectivity index (χ2n) is 5.90. The third-order valence-electron chi connectivity index (χ3n) is 4.40. The van der Waals surface area contributed by atoms with E-state index in [0.717, 1.165) is 34.0 Å². The number of nitrogens with zero attached hydrogens (tertiary/aromatic N) is 3. The largest absolute Gasteiger partial charge is 0.353 e. The van der Waals surface area contributed by atoms with Crippen LogP contribution in [0.25, 0.3) is 21.6 Å². The van der Waals surface area contributed by atoms with Gasteiger partial charge < -0.3 is 4.90 Å². The van der Waals surface area contributed by atoms with E-state index < -0.39 is 0 Å². The van der Waals surface area contributed by atoms with Crippen molar-refractivity contribution in [3.63, 3.8) is 0 Å². The molecular weight excluding hydrogens is 290 g/mol. The smallest absolute Gasteiger partial charge is 0.172 e. The van der Waals surface area contributed by atoms with Crippen LogP contribution in [0, 0.1) is 0 Å². The number of hydrogen-bond donors (Lipinski definition) is 0. The first-order valence-corrected chi connectivity index (χ1v) is 8.78. The minimum absolute atomic E-state index is 0.545. The first-order chi connectivity index (χ1) is 10.8. The first kappa shape index (κ1) is 13.7. The Morgan fingerprint density at radius 2 is 2.00 bits per heavy atom. The molecule has 3 heterocycles. The number of anilines is 1. The molecule has 0 spiro atoms. The average molecular weight is 309 g/mol. The molecule has 0 saturated carbocycles. The lowest BCUT2D eigenvalue weighted by molar-refractivity contribution is 0.482. The van der Waals surface area contributed by atoms with Gasteiger partial charge in [0.1, 0.15) is 5.82 Å². The zero-order chi connectivity index (χ0) is 14.9. The second kappa shape index (κ2) is 5.69. The van der Waals surface area contributed by atoms with Crippen LogP contribution in [0.4, 0.5) is 5.82 Å². The van der Waals surface area contributed by atoms with Gasteiger partial charge in [0.25, 0.3) is 0 Å². The Hall–Kier alpha value is -1.94. The molecule has 0 bridgehead atoms. The number of piperidine rings is 1. The van der Waals surface area contributed by atoms with E-state index in [9.17, 15) is 0 Å². The number of fused-ring (bicyclic) bond motifs is 1. The number of benzene rings is 1. The summed E-state index contributed by atoms with van der Waals surface area (Å²) in [6.07, 6.45) is 3.81. The SMILES string of the molecule is CC1CCCCN1c1nc(-c2cccs2)nc2ccccc12. The number of thiophene rings is 1. The van der Waals surface area contributed by atoms with Crippen LogP contribution >= 0.6 is 11.3 Å². The van der Waals surface area contributed by atoms with Gasteiger partial charge in [-0.05, 0) is 49.8 Å². The minimum Gasteiger partial charge on any atom is -0.353 e. The predicted molar refractivity (Wildman–Crippen MR) is 93.5 cm³/mol. The van der Waals surface area contributed by atoms with Gasteiger partial charge in [-0.25, -0.2) is 9.97 Å². The number of hydrogen-bond acceptors (Lipinski definition) is 4. The summed E-state index contributed by atoms with van der Waals surface area (Å²) in [5.41, 5.74) is 1.04. The highest BCUT2D eigenvalue weighted by Gasteiger charge is 2.22. The summed E-state index contributed by atoms with van der Waals surface area (Å²) in [5, 5.41) is 3.24. The molecule has 1 fully saturated rings. The van der Waals surface area contributed by atoms with Gasteiger partial charge in [0.15, 0.2) is 5.82 Å². The van der Waals surface area contributed by atoms with E-state index in [1.54, 1.807) is 11.3 Å². The maximum absolute atomic E-state index is 4.94. The molecule has 0 aliphatic carbocycles. The number of para-hydroxylation sites is 1. The van der Waals surface area contributed by atoms with Gasteiger partial charge in [-0.3, -0.25) is 0 Å². The number of rotatable bonds is 2. The van der Waals surface area contributed by atoms with Gasteiger partial charge in [0.2, 0.25) is 0 Å². The van der Waals surface area contributed by atoms with E-state index in [2.05, 4.69) is 53.6 Å². The van der Waals surface area contributed by atoms with Gasteiger partial charge in [0.05, 0.1) is 10.4 Å². The van der Waals surface area contributed by atoms with Crippen LogP contribution in [0.5, 0.6) is 0 Å². The average Bonchev–Trinajstić information content (AvgIpc) is 3.09. The van der Waals surface area contributed by atoms with E-state index in [0.29, 0.717) is 6.04 Å². The zero-order valence-corrected chi connectivity index (χ0v) is 13.5. The molecule has 0 radical (unpaired) electrons. The fraction of sp³-hybridized carbons (Fsp3) is 0.333. The molecule has 4 heteroatoms. The van der Waals surface area contributed by atoms with Crippen molar-refractivity contribution >= 4 is 28.1 Å². The highest BCUT2D eigenvalue weighted by molar-refractivity contribution is 7.13. The molecule has 1 unspecified atom stereocenters. The summed E-state index contributed by atoms with van der Waals surface area (Å²) in [5.74, 6) is 1.95. The van der Waals surface area contributed by atoms with E-state index in [-0.39, 0.29) is 0 Å². The van der Waals surface area contributed by atoms with Crippen LogP contribution in [0.3, 0.4) is 0 Å². The van der Waals surface area contributed by atoms with Crippen molar-refractivity contribution in [1.82, 2.24) is 9.97 Å². The normalized spacial score (nSPS) is 18.8. The lowest BCUT2D eigenvalue weighted by Crippen LogP contribution is -2.38. The molecule has 1 atom stereocenters. The lowest BCUT2D eigenvalue weighted by Gasteiger charge is -2.35. The molecule has 112 valence electrons. The van der Waals surface area contributed by atoms with Crippen molar-refractivity contribution in [3.05, 3.63) is 41.8 Å². The van der Waals surface area contributed by atoms with E-state index in [1.165, 1.54) is 19.3 Å². The zero-order valence-electron chi connectivity index (χ0n) is 12.7. The van der Waals surface area contributed by atoms with Crippen LogP contribution in [0.2, 0.25) is 0 Å². The summed E-state index contributed by atoms with van der Waals surface area (Å²) in [4.78, 5) is 13.3. The monoisotopic (exact) mass is 309 g/mol. The lowest BCUT2D eigenvalue weighted by atomic mass is 10.0. The Kier molecular flexibility index (Phi) is 3.54.